The maximum Gasteiger partial charge on any atom is 0.243 e. The minimum atomic E-state index is -3.65. The summed E-state index contributed by atoms with van der Waals surface area (Å²) in [5.41, 5.74) is 1.92. The molecule has 0 bridgehead atoms. The first kappa shape index (κ1) is 22.1. The van der Waals surface area contributed by atoms with E-state index >= 15 is 0 Å². The second-order valence-electron chi connectivity index (χ2n) is 8.24. The summed E-state index contributed by atoms with van der Waals surface area (Å²) in [6.07, 6.45) is 5.05. The lowest BCUT2D eigenvalue weighted by atomic mass is 9.98. The molecule has 2 heterocycles. The quantitative estimate of drug-likeness (QED) is 0.717. The van der Waals surface area contributed by atoms with Crippen molar-refractivity contribution >= 4 is 38.9 Å². The molecule has 2 fully saturated rings. The molecule has 1 N–H and O–H groups in total. The minimum absolute atomic E-state index is 0.137. The van der Waals surface area contributed by atoms with Crippen LogP contribution in [-0.2, 0) is 14.8 Å². The van der Waals surface area contributed by atoms with E-state index in [1.165, 1.54) is 41.4 Å². The summed E-state index contributed by atoms with van der Waals surface area (Å²) >= 11 is 5.88. The first-order chi connectivity index (χ1) is 14.9. The topological polar surface area (TPSA) is 69.7 Å². The molecule has 0 aliphatic carbocycles. The third kappa shape index (κ3) is 5.22. The van der Waals surface area contributed by atoms with Crippen LogP contribution in [0.5, 0.6) is 0 Å². The standard InChI is InChI=1S/C23H28ClN3O3S/c24-19-6-12-22(13-7-19)31(29,30)27-16-4-5-18(17-27)23(28)25-20-8-10-21(11-9-20)26-14-2-1-3-15-26/h6-13,18H,1-5,14-17H2,(H,25,28). The molecule has 0 spiro atoms. The molecule has 0 saturated carbocycles. The molecule has 2 aromatic carbocycles. The van der Waals surface area contributed by atoms with Crippen molar-refractivity contribution in [2.24, 2.45) is 5.92 Å². The van der Waals surface area contributed by atoms with Gasteiger partial charge in [-0.1, -0.05) is 11.6 Å². The number of carbonyl (C=O) groups excluding carboxylic acids is 1. The van der Waals surface area contributed by atoms with Crippen molar-refractivity contribution in [3.8, 4) is 0 Å². The van der Waals surface area contributed by atoms with Gasteiger partial charge in [0.1, 0.15) is 0 Å². The number of benzene rings is 2. The number of rotatable bonds is 5. The summed E-state index contributed by atoms with van der Waals surface area (Å²) in [5.74, 6) is -0.515. The lowest BCUT2D eigenvalue weighted by molar-refractivity contribution is -0.120. The molecular weight excluding hydrogens is 434 g/mol. The molecule has 2 saturated heterocycles. The Kier molecular flexibility index (Phi) is 6.84. The Balaban J connectivity index is 1.39. The first-order valence-corrected chi connectivity index (χ1v) is 12.7. The van der Waals surface area contributed by atoms with Crippen LogP contribution in [0.4, 0.5) is 11.4 Å². The van der Waals surface area contributed by atoms with Crippen LogP contribution in [0.1, 0.15) is 32.1 Å². The minimum Gasteiger partial charge on any atom is -0.372 e. The zero-order valence-electron chi connectivity index (χ0n) is 17.5. The van der Waals surface area contributed by atoms with Crippen molar-refractivity contribution < 1.29 is 13.2 Å². The van der Waals surface area contributed by atoms with Crippen LogP contribution in [0.2, 0.25) is 5.02 Å². The molecular formula is C23H28ClN3O3S. The van der Waals surface area contributed by atoms with Crippen LogP contribution in [-0.4, -0.2) is 44.8 Å². The lowest BCUT2D eigenvalue weighted by Crippen LogP contribution is -2.43. The summed E-state index contributed by atoms with van der Waals surface area (Å²) in [6.45, 7) is 2.75. The third-order valence-corrected chi connectivity index (χ3v) is 8.19. The van der Waals surface area contributed by atoms with Gasteiger partial charge in [0, 0.05) is 42.6 Å². The van der Waals surface area contributed by atoms with E-state index in [1.54, 1.807) is 12.1 Å². The Hall–Kier alpha value is -2.09. The number of sulfonamides is 1. The van der Waals surface area contributed by atoms with E-state index in [9.17, 15) is 13.2 Å². The van der Waals surface area contributed by atoms with Crippen molar-refractivity contribution in [2.75, 3.05) is 36.4 Å². The molecule has 2 aromatic rings. The van der Waals surface area contributed by atoms with Gasteiger partial charge < -0.3 is 10.2 Å². The maximum atomic E-state index is 13.0. The molecule has 2 aliphatic rings. The average molecular weight is 462 g/mol. The van der Waals surface area contributed by atoms with Crippen LogP contribution in [0.25, 0.3) is 0 Å². The predicted octanol–water partition coefficient (Wildman–Crippen LogP) is 4.37. The van der Waals surface area contributed by atoms with Crippen LogP contribution in [0, 0.1) is 5.92 Å². The van der Waals surface area contributed by atoms with Crippen molar-refractivity contribution in [1.29, 1.82) is 0 Å². The van der Waals surface area contributed by atoms with Gasteiger partial charge in [-0.25, -0.2) is 8.42 Å². The highest BCUT2D eigenvalue weighted by atomic mass is 35.5. The van der Waals surface area contributed by atoms with Gasteiger partial charge in [-0.15, -0.1) is 0 Å². The monoisotopic (exact) mass is 461 g/mol. The summed E-state index contributed by atoms with van der Waals surface area (Å²) in [6, 6.07) is 14.1. The van der Waals surface area contributed by atoms with E-state index in [0.29, 0.717) is 24.4 Å². The second-order valence-corrected chi connectivity index (χ2v) is 10.6. The Morgan fingerprint density at radius 1 is 0.903 bits per heavy atom. The highest BCUT2D eigenvalue weighted by molar-refractivity contribution is 7.89. The highest BCUT2D eigenvalue weighted by Gasteiger charge is 2.33. The van der Waals surface area contributed by atoms with E-state index in [0.717, 1.165) is 18.8 Å². The number of amides is 1. The Labute approximate surface area is 189 Å². The molecule has 1 unspecified atom stereocenters. The fraction of sp³-hybridized carbons (Fsp3) is 0.435. The molecule has 0 radical (unpaired) electrons. The van der Waals surface area contributed by atoms with Crippen LogP contribution in [0.15, 0.2) is 53.4 Å². The molecule has 8 heteroatoms. The van der Waals surface area contributed by atoms with Crippen molar-refractivity contribution in [2.45, 2.75) is 37.0 Å². The van der Waals surface area contributed by atoms with Crippen LogP contribution >= 0.6 is 11.6 Å². The second kappa shape index (κ2) is 9.59. The number of hydrogen-bond donors (Lipinski definition) is 1. The van der Waals surface area contributed by atoms with Gasteiger partial charge in [0.15, 0.2) is 0 Å². The van der Waals surface area contributed by atoms with E-state index in [-0.39, 0.29) is 23.3 Å². The fourth-order valence-corrected chi connectivity index (χ4v) is 5.93. The third-order valence-electron chi connectivity index (χ3n) is 6.06. The molecule has 31 heavy (non-hydrogen) atoms. The Morgan fingerprint density at radius 3 is 2.26 bits per heavy atom. The highest BCUT2D eigenvalue weighted by Crippen LogP contribution is 2.26. The lowest BCUT2D eigenvalue weighted by Gasteiger charge is -2.31. The molecule has 4 rings (SSSR count). The smallest absolute Gasteiger partial charge is 0.243 e. The fourth-order valence-electron chi connectivity index (χ4n) is 4.28. The summed E-state index contributed by atoms with van der Waals surface area (Å²) < 4.78 is 27.3. The van der Waals surface area contributed by atoms with Crippen molar-refractivity contribution in [1.82, 2.24) is 4.31 Å². The summed E-state index contributed by atoms with van der Waals surface area (Å²) in [7, 11) is -3.65. The molecule has 1 atom stereocenters. The van der Waals surface area contributed by atoms with Gasteiger partial charge in [0.05, 0.1) is 10.8 Å². The first-order valence-electron chi connectivity index (χ1n) is 10.8. The molecule has 166 valence electrons. The Bertz CT molecular complexity index is 1000. The van der Waals surface area contributed by atoms with Crippen molar-refractivity contribution in [3.05, 3.63) is 53.6 Å². The zero-order valence-corrected chi connectivity index (χ0v) is 19.0. The van der Waals surface area contributed by atoms with Crippen LogP contribution in [0.3, 0.4) is 0 Å². The van der Waals surface area contributed by atoms with Crippen molar-refractivity contribution in [3.63, 3.8) is 0 Å². The number of halogens is 1. The van der Waals surface area contributed by atoms with Crippen LogP contribution < -0.4 is 10.2 Å². The zero-order chi connectivity index (χ0) is 21.8. The molecule has 6 nitrogen and oxygen atoms in total. The number of piperidine rings is 2. The number of anilines is 2. The largest absolute Gasteiger partial charge is 0.372 e. The van der Waals surface area contributed by atoms with Gasteiger partial charge in [-0.3, -0.25) is 4.79 Å². The number of nitrogens with one attached hydrogen (secondary N) is 1. The van der Waals surface area contributed by atoms with Gasteiger partial charge in [-0.2, -0.15) is 4.31 Å². The summed E-state index contributed by atoms with van der Waals surface area (Å²) in [4.78, 5) is 15.4. The van der Waals surface area contributed by atoms with E-state index < -0.39 is 10.0 Å². The maximum absolute atomic E-state index is 13.0. The molecule has 0 aromatic heterocycles. The van der Waals surface area contributed by atoms with E-state index in [1.807, 2.05) is 24.3 Å². The predicted molar refractivity (Wildman–Crippen MR) is 124 cm³/mol. The molecule has 1 amide bonds. The number of carbonyl (C=O) groups is 1. The van der Waals surface area contributed by atoms with Gasteiger partial charge in [-0.05, 0) is 80.6 Å². The van der Waals surface area contributed by atoms with Gasteiger partial charge in [0.2, 0.25) is 15.9 Å². The number of hydrogen-bond acceptors (Lipinski definition) is 4. The van der Waals surface area contributed by atoms with Gasteiger partial charge >= 0.3 is 0 Å². The number of nitrogens with zero attached hydrogens (tertiary/aromatic N) is 2. The van der Waals surface area contributed by atoms with Gasteiger partial charge in [0.25, 0.3) is 0 Å². The summed E-state index contributed by atoms with van der Waals surface area (Å²) in [5, 5.41) is 3.45. The Morgan fingerprint density at radius 2 is 1.58 bits per heavy atom. The van der Waals surface area contributed by atoms with E-state index in [4.69, 9.17) is 11.6 Å². The molecule has 2 aliphatic heterocycles. The SMILES string of the molecule is O=C(Nc1ccc(N2CCCCC2)cc1)C1CCCN(S(=O)(=O)c2ccc(Cl)cc2)C1. The van der Waals surface area contributed by atoms with E-state index in [2.05, 4.69) is 10.2 Å². The average Bonchev–Trinajstić information content (AvgIpc) is 2.80. The normalized spacial score (nSPS) is 20.4.